The molecule has 0 saturated heterocycles. The average Bonchev–Trinajstić information content (AvgIpc) is 2.50. The maximum absolute atomic E-state index is 13.7. The fourth-order valence-electron chi connectivity index (χ4n) is 5.40. The van der Waals surface area contributed by atoms with Crippen LogP contribution in [-0.4, -0.2) is 19.1 Å². The number of halogens is 1. The summed E-state index contributed by atoms with van der Waals surface area (Å²) in [5.74, 6) is 2.97. The third kappa shape index (κ3) is 2.84. The molecule has 0 unspecified atom stereocenters. The van der Waals surface area contributed by atoms with Gasteiger partial charge < -0.3 is 10.1 Å². The Labute approximate surface area is 136 Å². The molecule has 3 nitrogen and oxygen atoms in total. The number of hydrogen-bond donors (Lipinski definition) is 1. The highest BCUT2D eigenvalue weighted by Crippen LogP contribution is 2.53. The Bertz CT molecular complexity index is 587. The number of rotatable bonds is 4. The third-order valence-electron chi connectivity index (χ3n) is 6.14. The van der Waals surface area contributed by atoms with Crippen LogP contribution in [0, 0.1) is 29.5 Å². The molecule has 0 radical (unpaired) electrons. The minimum atomic E-state index is -0.410. The fourth-order valence-corrected chi connectivity index (χ4v) is 5.40. The standard InChI is InChI=1S/C19H24FNO2/c1-23-17-3-2-11(9-16(17)20)10-18(22)21-19-14-5-12-4-13(7-14)8-15(19)6-12/h2-3,9,12-15,19H,4-8,10H2,1H3,(H,21,22). The molecule has 124 valence electrons. The smallest absolute Gasteiger partial charge is 0.224 e. The number of benzene rings is 1. The fraction of sp³-hybridized carbons (Fsp3) is 0.632. The number of carbonyl (C=O) groups excluding carboxylic acids is 1. The van der Waals surface area contributed by atoms with Crippen molar-refractivity contribution in [2.24, 2.45) is 23.7 Å². The van der Waals surface area contributed by atoms with Gasteiger partial charge in [-0.3, -0.25) is 4.79 Å². The monoisotopic (exact) mass is 317 g/mol. The predicted octanol–water partition coefficient (Wildman–Crippen LogP) is 3.32. The Balaban J connectivity index is 1.39. The topological polar surface area (TPSA) is 38.3 Å². The summed E-state index contributed by atoms with van der Waals surface area (Å²) in [6.45, 7) is 0. The quantitative estimate of drug-likeness (QED) is 0.925. The molecule has 4 heteroatoms. The van der Waals surface area contributed by atoms with Crippen LogP contribution in [0.1, 0.15) is 37.7 Å². The van der Waals surface area contributed by atoms with Crippen molar-refractivity contribution in [1.82, 2.24) is 5.32 Å². The van der Waals surface area contributed by atoms with E-state index in [-0.39, 0.29) is 18.1 Å². The van der Waals surface area contributed by atoms with Gasteiger partial charge >= 0.3 is 0 Å². The van der Waals surface area contributed by atoms with Crippen molar-refractivity contribution in [1.29, 1.82) is 0 Å². The molecule has 23 heavy (non-hydrogen) atoms. The van der Waals surface area contributed by atoms with E-state index >= 15 is 0 Å². The molecule has 1 amide bonds. The number of amides is 1. The molecule has 0 aliphatic heterocycles. The summed E-state index contributed by atoms with van der Waals surface area (Å²) in [4.78, 5) is 12.4. The van der Waals surface area contributed by atoms with Crippen molar-refractivity contribution in [3.63, 3.8) is 0 Å². The molecule has 5 rings (SSSR count). The van der Waals surface area contributed by atoms with Crippen molar-refractivity contribution in [3.8, 4) is 5.75 Å². The average molecular weight is 317 g/mol. The van der Waals surface area contributed by atoms with Gasteiger partial charge in [0, 0.05) is 6.04 Å². The van der Waals surface area contributed by atoms with Gasteiger partial charge in [-0.1, -0.05) is 6.07 Å². The Hall–Kier alpha value is -1.58. The number of nitrogens with one attached hydrogen (secondary N) is 1. The molecule has 4 aliphatic carbocycles. The van der Waals surface area contributed by atoms with Gasteiger partial charge in [-0.15, -0.1) is 0 Å². The molecular weight excluding hydrogens is 293 g/mol. The van der Waals surface area contributed by atoms with Gasteiger partial charge in [0.15, 0.2) is 11.6 Å². The minimum absolute atomic E-state index is 0.0204. The maximum atomic E-state index is 13.7. The van der Waals surface area contributed by atoms with Crippen molar-refractivity contribution in [2.45, 2.75) is 44.6 Å². The van der Waals surface area contributed by atoms with E-state index in [9.17, 15) is 9.18 Å². The van der Waals surface area contributed by atoms with E-state index in [2.05, 4.69) is 5.32 Å². The predicted molar refractivity (Wildman–Crippen MR) is 85.6 cm³/mol. The molecular formula is C19H24FNO2. The Morgan fingerprint density at radius 2 is 1.83 bits per heavy atom. The molecule has 1 N–H and O–H groups in total. The number of ether oxygens (including phenoxy) is 1. The summed E-state index contributed by atoms with van der Waals surface area (Å²) in [6, 6.07) is 5.09. The lowest BCUT2D eigenvalue weighted by Crippen LogP contribution is -2.56. The molecule has 1 aromatic carbocycles. The van der Waals surface area contributed by atoms with Crippen LogP contribution in [0.2, 0.25) is 0 Å². The normalized spacial score (nSPS) is 34.4. The SMILES string of the molecule is COc1ccc(CC(=O)NC2C3CC4CC(C3)CC2C4)cc1F. The highest BCUT2D eigenvalue weighted by atomic mass is 19.1. The third-order valence-corrected chi connectivity index (χ3v) is 6.14. The first-order chi connectivity index (χ1) is 11.1. The summed E-state index contributed by atoms with van der Waals surface area (Å²) < 4.78 is 18.7. The zero-order valence-corrected chi connectivity index (χ0v) is 13.6. The first-order valence-corrected chi connectivity index (χ1v) is 8.74. The van der Waals surface area contributed by atoms with Crippen LogP contribution in [0.4, 0.5) is 4.39 Å². The van der Waals surface area contributed by atoms with E-state index in [1.165, 1.54) is 45.3 Å². The summed E-state index contributed by atoms with van der Waals surface area (Å²) in [5.41, 5.74) is 0.699. The molecule has 0 aromatic heterocycles. The van der Waals surface area contributed by atoms with Crippen molar-refractivity contribution >= 4 is 5.91 Å². The van der Waals surface area contributed by atoms with Gasteiger partial charge in [0.25, 0.3) is 0 Å². The van der Waals surface area contributed by atoms with Gasteiger partial charge in [0.2, 0.25) is 5.91 Å². The van der Waals surface area contributed by atoms with Crippen LogP contribution in [-0.2, 0) is 11.2 Å². The van der Waals surface area contributed by atoms with E-state index in [0.29, 0.717) is 23.4 Å². The highest BCUT2D eigenvalue weighted by molar-refractivity contribution is 5.79. The van der Waals surface area contributed by atoms with E-state index in [1.54, 1.807) is 12.1 Å². The Morgan fingerprint density at radius 1 is 1.17 bits per heavy atom. The zero-order chi connectivity index (χ0) is 16.0. The molecule has 4 aliphatic rings. The summed E-state index contributed by atoms with van der Waals surface area (Å²) in [6.07, 6.45) is 6.80. The Kier molecular flexibility index (Phi) is 3.78. The van der Waals surface area contributed by atoms with Crippen molar-refractivity contribution in [2.75, 3.05) is 7.11 Å². The highest BCUT2D eigenvalue weighted by Gasteiger charge is 2.48. The van der Waals surface area contributed by atoms with Crippen LogP contribution in [0.5, 0.6) is 5.75 Å². The lowest BCUT2D eigenvalue weighted by Gasteiger charge is -2.54. The second-order valence-electron chi connectivity index (χ2n) is 7.67. The van der Waals surface area contributed by atoms with Gasteiger partial charge in [0.05, 0.1) is 13.5 Å². The summed E-state index contributed by atoms with van der Waals surface area (Å²) >= 11 is 0. The molecule has 1 aromatic rings. The first-order valence-electron chi connectivity index (χ1n) is 8.74. The molecule has 0 spiro atoms. The second-order valence-corrected chi connectivity index (χ2v) is 7.67. The minimum Gasteiger partial charge on any atom is -0.494 e. The molecule has 0 atom stereocenters. The number of hydrogen-bond acceptors (Lipinski definition) is 2. The first kappa shape index (κ1) is 15.0. The van der Waals surface area contributed by atoms with Gasteiger partial charge in [-0.25, -0.2) is 4.39 Å². The number of carbonyl (C=O) groups is 1. The zero-order valence-electron chi connectivity index (χ0n) is 13.6. The molecule has 0 heterocycles. The second kappa shape index (κ2) is 5.81. The van der Waals surface area contributed by atoms with Crippen molar-refractivity contribution in [3.05, 3.63) is 29.6 Å². The molecule has 4 bridgehead atoms. The van der Waals surface area contributed by atoms with Gasteiger partial charge in [-0.05, 0) is 73.5 Å². The molecule has 4 saturated carbocycles. The largest absolute Gasteiger partial charge is 0.494 e. The van der Waals surface area contributed by atoms with Crippen LogP contribution in [0.3, 0.4) is 0 Å². The van der Waals surface area contributed by atoms with Crippen molar-refractivity contribution < 1.29 is 13.9 Å². The lowest BCUT2D eigenvalue weighted by atomic mass is 9.54. The van der Waals surface area contributed by atoms with Gasteiger partial charge in [-0.2, -0.15) is 0 Å². The van der Waals surface area contributed by atoms with Crippen LogP contribution >= 0.6 is 0 Å². The van der Waals surface area contributed by atoms with E-state index < -0.39 is 5.82 Å². The van der Waals surface area contributed by atoms with Crippen LogP contribution < -0.4 is 10.1 Å². The van der Waals surface area contributed by atoms with E-state index in [4.69, 9.17) is 4.74 Å². The summed E-state index contributed by atoms with van der Waals surface area (Å²) in [5, 5.41) is 3.27. The van der Waals surface area contributed by atoms with Crippen LogP contribution in [0.25, 0.3) is 0 Å². The lowest BCUT2D eigenvalue weighted by molar-refractivity contribution is -0.124. The Morgan fingerprint density at radius 3 is 2.39 bits per heavy atom. The van der Waals surface area contributed by atoms with E-state index in [0.717, 1.165) is 11.8 Å². The summed E-state index contributed by atoms with van der Waals surface area (Å²) in [7, 11) is 1.44. The molecule has 4 fully saturated rings. The van der Waals surface area contributed by atoms with Crippen LogP contribution in [0.15, 0.2) is 18.2 Å². The van der Waals surface area contributed by atoms with Gasteiger partial charge in [0.1, 0.15) is 0 Å². The van der Waals surface area contributed by atoms with E-state index in [1.807, 2.05) is 0 Å². The maximum Gasteiger partial charge on any atom is 0.224 e. The number of methoxy groups -OCH3 is 1.